The molecular weight excluding hydrogens is 296 g/mol. The lowest BCUT2D eigenvalue weighted by Gasteiger charge is -2.21. The highest BCUT2D eigenvalue weighted by atomic mass is 15.2. The van der Waals surface area contributed by atoms with E-state index in [1.54, 1.807) is 0 Å². The van der Waals surface area contributed by atoms with Crippen molar-refractivity contribution in [3.05, 3.63) is 65.2 Å². The Bertz CT molecular complexity index is 792. The number of unbranched alkanes of at least 4 members (excludes halogenated alkanes) is 1. The summed E-state index contributed by atoms with van der Waals surface area (Å²) in [6, 6.07) is 12.8. The maximum absolute atomic E-state index is 4.73. The van der Waals surface area contributed by atoms with Crippen LogP contribution in [-0.2, 0) is 13.1 Å². The molecule has 2 aromatic heterocycles. The normalized spacial score (nSPS) is 11.5. The van der Waals surface area contributed by atoms with Crippen LogP contribution in [0.25, 0.3) is 5.78 Å². The first-order valence-corrected chi connectivity index (χ1v) is 8.74. The van der Waals surface area contributed by atoms with Gasteiger partial charge in [0.15, 0.2) is 0 Å². The summed E-state index contributed by atoms with van der Waals surface area (Å²) in [5, 5.41) is 0. The molecule has 0 aliphatic rings. The zero-order chi connectivity index (χ0) is 16.9. The maximum atomic E-state index is 4.73. The second-order valence-electron chi connectivity index (χ2n) is 6.49. The van der Waals surface area contributed by atoms with E-state index in [0.717, 1.165) is 36.8 Å². The molecule has 24 heavy (non-hydrogen) atoms. The fraction of sp³-hybridized carbons (Fsp3) is 0.400. The third kappa shape index (κ3) is 4.01. The van der Waals surface area contributed by atoms with Gasteiger partial charge in [-0.3, -0.25) is 9.30 Å². The number of rotatable bonds is 7. The van der Waals surface area contributed by atoms with E-state index in [-0.39, 0.29) is 0 Å². The molecule has 0 bridgehead atoms. The number of imidazole rings is 1. The largest absolute Gasteiger partial charge is 0.293 e. The van der Waals surface area contributed by atoms with Crippen LogP contribution in [-0.4, -0.2) is 25.8 Å². The molecule has 4 nitrogen and oxygen atoms in total. The van der Waals surface area contributed by atoms with Crippen molar-refractivity contribution in [2.45, 2.75) is 46.7 Å². The number of aryl methyl sites for hydroxylation is 2. The summed E-state index contributed by atoms with van der Waals surface area (Å²) >= 11 is 0. The Balaban J connectivity index is 1.80. The van der Waals surface area contributed by atoms with Crippen molar-refractivity contribution in [1.29, 1.82) is 0 Å². The molecule has 3 aromatic rings. The number of hydrogen-bond acceptors (Lipinski definition) is 3. The summed E-state index contributed by atoms with van der Waals surface area (Å²) in [4.78, 5) is 11.8. The molecule has 0 fully saturated rings. The number of aromatic nitrogens is 3. The summed E-state index contributed by atoms with van der Waals surface area (Å²) in [7, 11) is 0. The Morgan fingerprint density at radius 2 is 1.83 bits per heavy atom. The van der Waals surface area contributed by atoms with Crippen molar-refractivity contribution in [2.24, 2.45) is 0 Å². The lowest BCUT2D eigenvalue weighted by molar-refractivity contribution is 0.250. The van der Waals surface area contributed by atoms with Gasteiger partial charge in [-0.2, -0.15) is 0 Å². The van der Waals surface area contributed by atoms with Crippen LogP contribution < -0.4 is 0 Å². The Kier molecular flexibility index (Phi) is 5.26. The third-order valence-corrected chi connectivity index (χ3v) is 4.27. The van der Waals surface area contributed by atoms with Gasteiger partial charge in [0.25, 0.3) is 0 Å². The van der Waals surface area contributed by atoms with E-state index in [9.17, 15) is 0 Å². The molecule has 4 heteroatoms. The predicted molar refractivity (Wildman–Crippen MR) is 97.9 cm³/mol. The van der Waals surface area contributed by atoms with E-state index in [1.807, 2.05) is 6.92 Å². The summed E-state index contributed by atoms with van der Waals surface area (Å²) in [5.41, 5.74) is 4.63. The molecule has 0 amide bonds. The fourth-order valence-electron chi connectivity index (χ4n) is 3.06. The van der Waals surface area contributed by atoms with Crippen LogP contribution in [0.3, 0.4) is 0 Å². The molecule has 0 aliphatic carbocycles. The average Bonchev–Trinajstić information content (AvgIpc) is 2.96. The van der Waals surface area contributed by atoms with E-state index in [1.165, 1.54) is 24.1 Å². The van der Waals surface area contributed by atoms with Gasteiger partial charge in [-0.1, -0.05) is 43.7 Å². The summed E-state index contributed by atoms with van der Waals surface area (Å²) in [6.45, 7) is 9.26. The monoisotopic (exact) mass is 322 g/mol. The molecule has 126 valence electrons. The Hall–Kier alpha value is -2.20. The Labute approximate surface area is 144 Å². The maximum Gasteiger partial charge on any atom is 0.234 e. The van der Waals surface area contributed by atoms with Crippen molar-refractivity contribution in [3.63, 3.8) is 0 Å². The number of fused-ring (bicyclic) bond motifs is 1. The molecule has 0 aliphatic heterocycles. The summed E-state index contributed by atoms with van der Waals surface area (Å²) < 4.78 is 2.09. The molecular formula is C20H26N4. The van der Waals surface area contributed by atoms with Gasteiger partial charge in [-0.15, -0.1) is 0 Å². The smallest absolute Gasteiger partial charge is 0.234 e. The van der Waals surface area contributed by atoms with Gasteiger partial charge in [-0.05, 0) is 38.4 Å². The van der Waals surface area contributed by atoms with Gasteiger partial charge in [0.1, 0.15) is 0 Å². The predicted octanol–water partition coefficient (Wildman–Crippen LogP) is 4.15. The fourth-order valence-corrected chi connectivity index (χ4v) is 3.06. The Morgan fingerprint density at radius 1 is 1.04 bits per heavy atom. The van der Waals surface area contributed by atoms with Crippen molar-refractivity contribution in [2.75, 3.05) is 6.54 Å². The van der Waals surface area contributed by atoms with Crippen LogP contribution in [0.2, 0.25) is 0 Å². The van der Waals surface area contributed by atoms with Crippen molar-refractivity contribution >= 4 is 5.78 Å². The second-order valence-corrected chi connectivity index (χ2v) is 6.49. The lowest BCUT2D eigenvalue weighted by atomic mass is 10.2. The number of nitrogens with zero attached hydrogens (tertiary/aromatic N) is 4. The lowest BCUT2D eigenvalue weighted by Crippen LogP contribution is -2.24. The zero-order valence-corrected chi connectivity index (χ0v) is 14.9. The van der Waals surface area contributed by atoms with Crippen LogP contribution >= 0.6 is 0 Å². The SMILES string of the molecule is CCCCN(Cc1ccccc1)Cc1cn2c(C)cc(C)nc2n1. The van der Waals surface area contributed by atoms with E-state index in [4.69, 9.17) is 4.98 Å². The van der Waals surface area contributed by atoms with Crippen molar-refractivity contribution < 1.29 is 0 Å². The molecule has 0 atom stereocenters. The molecule has 0 unspecified atom stereocenters. The molecule has 2 heterocycles. The first-order valence-electron chi connectivity index (χ1n) is 8.74. The zero-order valence-electron chi connectivity index (χ0n) is 14.9. The van der Waals surface area contributed by atoms with Gasteiger partial charge in [0.05, 0.1) is 5.69 Å². The quantitative estimate of drug-likeness (QED) is 0.655. The minimum atomic E-state index is 0.803. The first-order chi connectivity index (χ1) is 11.7. The van der Waals surface area contributed by atoms with Gasteiger partial charge < -0.3 is 0 Å². The van der Waals surface area contributed by atoms with Crippen LogP contribution in [0.5, 0.6) is 0 Å². The third-order valence-electron chi connectivity index (χ3n) is 4.27. The highest BCUT2D eigenvalue weighted by Gasteiger charge is 2.11. The van der Waals surface area contributed by atoms with E-state index >= 15 is 0 Å². The summed E-state index contributed by atoms with van der Waals surface area (Å²) in [6.07, 6.45) is 4.54. The van der Waals surface area contributed by atoms with E-state index in [2.05, 4.69) is 70.7 Å². The number of benzene rings is 1. The molecule has 0 spiro atoms. The molecule has 0 radical (unpaired) electrons. The van der Waals surface area contributed by atoms with Crippen LogP contribution in [0.1, 0.15) is 42.4 Å². The molecule has 0 N–H and O–H groups in total. The van der Waals surface area contributed by atoms with Crippen LogP contribution in [0.4, 0.5) is 0 Å². The summed E-state index contributed by atoms with van der Waals surface area (Å²) in [5.74, 6) is 0.803. The standard InChI is InChI=1S/C20H26N4/c1-4-5-11-23(13-18-9-7-6-8-10-18)14-19-15-24-17(3)12-16(2)21-20(24)22-19/h6-10,12,15H,4-5,11,13-14H2,1-3H3. The van der Waals surface area contributed by atoms with Crippen LogP contribution in [0, 0.1) is 13.8 Å². The molecule has 3 rings (SSSR count). The van der Waals surface area contributed by atoms with E-state index in [0.29, 0.717) is 0 Å². The second kappa shape index (κ2) is 7.58. The highest BCUT2D eigenvalue weighted by Crippen LogP contribution is 2.13. The Morgan fingerprint density at radius 3 is 2.58 bits per heavy atom. The number of hydrogen-bond donors (Lipinski definition) is 0. The average molecular weight is 322 g/mol. The van der Waals surface area contributed by atoms with Crippen LogP contribution in [0.15, 0.2) is 42.6 Å². The minimum absolute atomic E-state index is 0.803. The van der Waals surface area contributed by atoms with Crippen molar-refractivity contribution in [1.82, 2.24) is 19.3 Å². The first kappa shape index (κ1) is 16.7. The van der Waals surface area contributed by atoms with E-state index < -0.39 is 0 Å². The van der Waals surface area contributed by atoms with Gasteiger partial charge in [0, 0.05) is 30.7 Å². The van der Waals surface area contributed by atoms with Gasteiger partial charge in [0.2, 0.25) is 5.78 Å². The van der Waals surface area contributed by atoms with Gasteiger partial charge in [-0.25, -0.2) is 9.97 Å². The highest BCUT2D eigenvalue weighted by molar-refractivity contribution is 5.34. The molecule has 0 saturated heterocycles. The molecule has 0 saturated carbocycles. The molecule has 1 aromatic carbocycles. The topological polar surface area (TPSA) is 33.4 Å². The minimum Gasteiger partial charge on any atom is -0.293 e. The van der Waals surface area contributed by atoms with Gasteiger partial charge >= 0.3 is 0 Å². The van der Waals surface area contributed by atoms with Crippen molar-refractivity contribution in [3.8, 4) is 0 Å².